The van der Waals surface area contributed by atoms with E-state index in [9.17, 15) is 4.39 Å². The maximum atomic E-state index is 13.7. The third kappa shape index (κ3) is 3.27. The van der Waals surface area contributed by atoms with Gasteiger partial charge in [-0.3, -0.25) is 0 Å². The zero-order valence-electron chi connectivity index (χ0n) is 12.4. The number of hydrogen-bond acceptors (Lipinski definition) is 2. The zero-order chi connectivity index (χ0) is 15.4. The van der Waals surface area contributed by atoms with Gasteiger partial charge in [-0.15, -0.1) is 0 Å². The largest absolute Gasteiger partial charge is 0.496 e. The minimum atomic E-state index is -0.325. The summed E-state index contributed by atoms with van der Waals surface area (Å²) >= 11 is 3.26. The molecule has 1 atom stereocenters. The molecule has 2 nitrogen and oxygen atoms in total. The highest BCUT2D eigenvalue weighted by Crippen LogP contribution is 2.35. The topological polar surface area (TPSA) is 21.3 Å². The highest BCUT2D eigenvalue weighted by Gasteiger charge is 2.20. The summed E-state index contributed by atoms with van der Waals surface area (Å²) in [5.41, 5.74) is 3.35. The average Bonchev–Trinajstić information content (AvgIpc) is 2.51. The molecule has 4 heteroatoms. The standard InChI is InChI=1S/C17H19BrFNO/c1-4-11-7-5-6-8-12(11)17(20-2)13-9-14(18)15(19)10-16(13)21-3/h5-10,17,20H,4H2,1-3H3. The molecule has 0 bridgehead atoms. The van der Waals surface area contributed by atoms with Gasteiger partial charge in [0.25, 0.3) is 0 Å². The van der Waals surface area contributed by atoms with E-state index < -0.39 is 0 Å². The molecule has 0 spiro atoms. The Morgan fingerprint density at radius 3 is 2.57 bits per heavy atom. The lowest BCUT2D eigenvalue weighted by atomic mass is 9.93. The van der Waals surface area contributed by atoms with E-state index in [1.165, 1.54) is 17.2 Å². The molecule has 0 aliphatic carbocycles. The highest BCUT2D eigenvalue weighted by molar-refractivity contribution is 9.10. The van der Waals surface area contributed by atoms with Crippen LogP contribution in [0.2, 0.25) is 0 Å². The first-order chi connectivity index (χ1) is 10.1. The second kappa shape index (κ2) is 7.05. The molecule has 0 heterocycles. The van der Waals surface area contributed by atoms with Crippen molar-refractivity contribution in [2.24, 2.45) is 0 Å². The number of nitrogens with one attached hydrogen (secondary N) is 1. The molecule has 21 heavy (non-hydrogen) atoms. The molecule has 2 aromatic rings. The van der Waals surface area contributed by atoms with Crippen LogP contribution in [0.1, 0.15) is 29.7 Å². The smallest absolute Gasteiger partial charge is 0.141 e. The van der Waals surface area contributed by atoms with E-state index in [0.29, 0.717) is 10.2 Å². The van der Waals surface area contributed by atoms with Gasteiger partial charge in [0.15, 0.2) is 0 Å². The van der Waals surface area contributed by atoms with Crippen molar-refractivity contribution in [3.05, 3.63) is 63.4 Å². The minimum absolute atomic E-state index is 0.0481. The maximum absolute atomic E-state index is 13.7. The molecule has 1 unspecified atom stereocenters. The van der Waals surface area contributed by atoms with Crippen molar-refractivity contribution in [3.8, 4) is 5.75 Å². The summed E-state index contributed by atoms with van der Waals surface area (Å²) in [7, 11) is 3.46. The van der Waals surface area contributed by atoms with Crippen LogP contribution in [0.4, 0.5) is 4.39 Å². The Hall–Kier alpha value is -1.39. The lowest BCUT2D eigenvalue weighted by molar-refractivity contribution is 0.401. The third-order valence-electron chi connectivity index (χ3n) is 3.62. The predicted molar refractivity (Wildman–Crippen MR) is 87.4 cm³/mol. The van der Waals surface area contributed by atoms with Crippen LogP contribution in [0.3, 0.4) is 0 Å². The van der Waals surface area contributed by atoms with Gasteiger partial charge < -0.3 is 10.1 Å². The molecule has 0 saturated heterocycles. The molecular weight excluding hydrogens is 333 g/mol. The van der Waals surface area contributed by atoms with Crippen LogP contribution in [0.5, 0.6) is 5.75 Å². The molecular formula is C17H19BrFNO. The van der Waals surface area contributed by atoms with Crippen molar-refractivity contribution in [3.63, 3.8) is 0 Å². The van der Waals surface area contributed by atoms with Gasteiger partial charge in [0.2, 0.25) is 0 Å². The van der Waals surface area contributed by atoms with Crippen molar-refractivity contribution in [2.75, 3.05) is 14.2 Å². The van der Waals surface area contributed by atoms with Crippen molar-refractivity contribution in [1.29, 1.82) is 0 Å². The van der Waals surface area contributed by atoms with E-state index in [0.717, 1.165) is 12.0 Å². The molecule has 2 aromatic carbocycles. The lowest BCUT2D eigenvalue weighted by Crippen LogP contribution is -2.20. The van der Waals surface area contributed by atoms with Crippen LogP contribution in [0, 0.1) is 5.82 Å². The van der Waals surface area contributed by atoms with E-state index in [2.05, 4.69) is 40.3 Å². The van der Waals surface area contributed by atoms with E-state index >= 15 is 0 Å². The molecule has 112 valence electrons. The molecule has 0 radical (unpaired) electrons. The molecule has 0 amide bonds. The van der Waals surface area contributed by atoms with Gasteiger partial charge in [0.1, 0.15) is 11.6 Å². The van der Waals surface area contributed by atoms with Gasteiger partial charge in [-0.05, 0) is 46.6 Å². The predicted octanol–water partition coefficient (Wildman–Crippen LogP) is 4.47. The van der Waals surface area contributed by atoms with E-state index in [1.807, 2.05) is 19.2 Å². The van der Waals surface area contributed by atoms with Gasteiger partial charge in [-0.2, -0.15) is 0 Å². The van der Waals surface area contributed by atoms with E-state index in [4.69, 9.17) is 4.74 Å². The summed E-state index contributed by atoms with van der Waals surface area (Å²) in [6.45, 7) is 2.13. The van der Waals surface area contributed by atoms with Crippen LogP contribution in [0.25, 0.3) is 0 Å². The molecule has 0 fully saturated rings. The molecule has 0 aromatic heterocycles. The third-order valence-corrected chi connectivity index (χ3v) is 4.23. The molecule has 1 N–H and O–H groups in total. The van der Waals surface area contributed by atoms with Crippen LogP contribution in [-0.2, 0) is 6.42 Å². The number of ether oxygens (including phenoxy) is 1. The summed E-state index contributed by atoms with van der Waals surface area (Å²) < 4.78 is 19.5. The number of methoxy groups -OCH3 is 1. The first-order valence-corrected chi connectivity index (χ1v) is 7.69. The van der Waals surface area contributed by atoms with Gasteiger partial charge in [-0.25, -0.2) is 4.39 Å². The van der Waals surface area contributed by atoms with Crippen molar-refractivity contribution in [2.45, 2.75) is 19.4 Å². The Morgan fingerprint density at radius 1 is 1.24 bits per heavy atom. The molecule has 0 saturated carbocycles. The Bertz CT molecular complexity index is 630. The second-order valence-electron chi connectivity index (χ2n) is 4.78. The highest BCUT2D eigenvalue weighted by atomic mass is 79.9. The van der Waals surface area contributed by atoms with Crippen LogP contribution in [-0.4, -0.2) is 14.2 Å². The Morgan fingerprint density at radius 2 is 1.95 bits per heavy atom. The lowest BCUT2D eigenvalue weighted by Gasteiger charge is -2.22. The fourth-order valence-corrected chi connectivity index (χ4v) is 2.92. The van der Waals surface area contributed by atoms with Gasteiger partial charge in [0.05, 0.1) is 17.6 Å². The van der Waals surface area contributed by atoms with Crippen molar-refractivity contribution < 1.29 is 9.13 Å². The summed E-state index contributed by atoms with van der Waals surface area (Å²) in [4.78, 5) is 0. The number of hydrogen-bond donors (Lipinski definition) is 1. The first-order valence-electron chi connectivity index (χ1n) is 6.90. The SMILES string of the molecule is CCc1ccccc1C(NC)c1cc(Br)c(F)cc1OC. The normalized spacial score (nSPS) is 12.2. The van der Waals surface area contributed by atoms with Gasteiger partial charge >= 0.3 is 0 Å². The monoisotopic (exact) mass is 351 g/mol. The Kier molecular flexibility index (Phi) is 5.37. The number of benzene rings is 2. The number of halogens is 2. The molecule has 2 rings (SSSR count). The van der Waals surface area contributed by atoms with Crippen molar-refractivity contribution in [1.82, 2.24) is 5.32 Å². The van der Waals surface area contributed by atoms with E-state index in [1.54, 1.807) is 13.2 Å². The zero-order valence-corrected chi connectivity index (χ0v) is 14.0. The average molecular weight is 352 g/mol. The Labute approximate surface area is 133 Å². The first kappa shape index (κ1) is 16.0. The molecule has 0 aliphatic heterocycles. The van der Waals surface area contributed by atoms with Crippen LogP contribution < -0.4 is 10.1 Å². The summed E-state index contributed by atoms with van der Waals surface area (Å²) in [5, 5.41) is 3.31. The fourth-order valence-electron chi connectivity index (χ4n) is 2.56. The van der Waals surface area contributed by atoms with Crippen molar-refractivity contribution >= 4 is 15.9 Å². The molecule has 0 aliphatic rings. The summed E-state index contributed by atoms with van der Waals surface area (Å²) in [5.74, 6) is 0.218. The number of aryl methyl sites for hydroxylation is 1. The van der Waals surface area contributed by atoms with Crippen LogP contribution >= 0.6 is 15.9 Å². The fraction of sp³-hybridized carbons (Fsp3) is 0.294. The second-order valence-corrected chi connectivity index (χ2v) is 5.64. The summed E-state index contributed by atoms with van der Waals surface area (Å²) in [6.07, 6.45) is 0.943. The minimum Gasteiger partial charge on any atom is -0.496 e. The van der Waals surface area contributed by atoms with Gasteiger partial charge in [0, 0.05) is 11.6 Å². The van der Waals surface area contributed by atoms with Gasteiger partial charge in [-0.1, -0.05) is 31.2 Å². The summed E-state index contributed by atoms with van der Waals surface area (Å²) in [6, 6.07) is 11.4. The Balaban J connectivity index is 2.58. The number of rotatable bonds is 5. The quantitative estimate of drug-likeness (QED) is 0.857. The van der Waals surface area contributed by atoms with E-state index in [-0.39, 0.29) is 11.9 Å². The maximum Gasteiger partial charge on any atom is 0.141 e. The van der Waals surface area contributed by atoms with Crippen LogP contribution in [0.15, 0.2) is 40.9 Å².